The number of aromatic carboxylic acids is 1. The fourth-order valence-corrected chi connectivity index (χ4v) is 3.62. The molecule has 144 valence electrons. The van der Waals surface area contributed by atoms with Crippen molar-refractivity contribution in [1.29, 1.82) is 5.41 Å². The van der Waals surface area contributed by atoms with Crippen LogP contribution >= 0.6 is 0 Å². The van der Waals surface area contributed by atoms with Crippen molar-refractivity contribution >= 4 is 25.0 Å². The number of hydrogen-bond acceptors (Lipinski definition) is 5. The van der Waals surface area contributed by atoms with E-state index in [9.17, 15) is 19.7 Å². The zero-order valence-electron chi connectivity index (χ0n) is 14.9. The molecule has 1 atom stereocenters. The fourth-order valence-electron chi connectivity index (χ4n) is 3.62. The number of carboxylic acid groups (broad SMARTS) is 1. The summed E-state index contributed by atoms with van der Waals surface area (Å²) in [5.41, 5.74) is 6.11. The second kappa shape index (κ2) is 7.87. The summed E-state index contributed by atoms with van der Waals surface area (Å²) >= 11 is 0. The molecule has 1 unspecified atom stereocenters. The Morgan fingerprint density at radius 2 is 2.07 bits per heavy atom. The zero-order valence-corrected chi connectivity index (χ0v) is 14.9. The Morgan fingerprint density at radius 1 is 1.37 bits per heavy atom. The van der Waals surface area contributed by atoms with E-state index in [-0.39, 0.29) is 29.1 Å². The van der Waals surface area contributed by atoms with Crippen molar-refractivity contribution in [1.82, 2.24) is 10.2 Å². The molecule has 9 nitrogen and oxygen atoms in total. The van der Waals surface area contributed by atoms with Crippen LogP contribution < -0.4 is 15.7 Å². The molecule has 0 aromatic heterocycles. The van der Waals surface area contributed by atoms with E-state index >= 15 is 0 Å². The normalized spacial score (nSPS) is 19.8. The summed E-state index contributed by atoms with van der Waals surface area (Å²) in [5, 5.41) is 29.6. The molecule has 0 bridgehead atoms. The number of amides is 1. The average molecular weight is 374 g/mol. The Kier molecular flexibility index (Phi) is 5.55. The highest BCUT2D eigenvalue weighted by Gasteiger charge is 2.38. The molecule has 2 aliphatic heterocycles. The van der Waals surface area contributed by atoms with E-state index < -0.39 is 19.0 Å². The van der Waals surface area contributed by atoms with Gasteiger partial charge in [0.2, 0.25) is 5.91 Å². The van der Waals surface area contributed by atoms with Crippen molar-refractivity contribution < 1.29 is 24.4 Å². The van der Waals surface area contributed by atoms with Gasteiger partial charge in [-0.2, -0.15) is 0 Å². The highest BCUT2D eigenvalue weighted by Crippen LogP contribution is 2.30. The summed E-state index contributed by atoms with van der Waals surface area (Å²) in [6.45, 7) is 1.32. The molecule has 27 heavy (non-hydrogen) atoms. The van der Waals surface area contributed by atoms with Gasteiger partial charge in [-0.3, -0.25) is 10.2 Å². The number of carbonyl (C=O) groups excluding carboxylic acids is 1. The SMILES string of the molecule is N=C(N)N1CCC(CC(=O)NC2Cc3cccc(C(=O)O)c3OB2O)CC1. The average Bonchev–Trinajstić information content (AvgIpc) is 2.62. The predicted octanol–water partition coefficient (Wildman–Crippen LogP) is -0.180. The first-order valence-corrected chi connectivity index (χ1v) is 8.93. The van der Waals surface area contributed by atoms with E-state index in [1.54, 1.807) is 17.0 Å². The Balaban J connectivity index is 1.57. The molecule has 3 rings (SSSR count). The molecule has 0 aliphatic carbocycles. The number of carbonyl (C=O) groups is 2. The van der Waals surface area contributed by atoms with Gasteiger partial charge in [-0.05, 0) is 36.8 Å². The van der Waals surface area contributed by atoms with Gasteiger partial charge in [-0.1, -0.05) is 12.1 Å². The molecular formula is C17H23BN4O5. The van der Waals surface area contributed by atoms with Gasteiger partial charge >= 0.3 is 13.1 Å². The molecule has 0 saturated carbocycles. The number of carboxylic acids is 1. The Morgan fingerprint density at radius 3 is 2.70 bits per heavy atom. The van der Waals surface area contributed by atoms with Gasteiger partial charge in [0.1, 0.15) is 5.75 Å². The number of benzene rings is 1. The maximum absolute atomic E-state index is 12.4. The first-order chi connectivity index (χ1) is 12.8. The van der Waals surface area contributed by atoms with Gasteiger partial charge in [0, 0.05) is 19.5 Å². The van der Waals surface area contributed by atoms with Crippen molar-refractivity contribution in [3.05, 3.63) is 29.3 Å². The van der Waals surface area contributed by atoms with Gasteiger partial charge in [-0.15, -0.1) is 0 Å². The van der Waals surface area contributed by atoms with Crippen LogP contribution in [-0.2, 0) is 11.2 Å². The van der Waals surface area contributed by atoms with Crippen molar-refractivity contribution in [2.24, 2.45) is 11.7 Å². The number of fused-ring (bicyclic) bond motifs is 1. The third-order valence-electron chi connectivity index (χ3n) is 5.13. The van der Waals surface area contributed by atoms with E-state index in [1.165, 1.54) is 6.07 Å². The van der Waals surface area contributed by atoms with E-state index in [0.717, 1.165) is 12.8 Å². The van der Waals surface area contributed by atoms with Crippen LogP contribution in [0.5, 0.6) is 5.75 Å². The van der Waals surface area contributed by atoms with Gasteiger partial charge < -0.3 is 30.7 Å². The van der Waals surface area contributed by atoms with Crippen LogP contribution in [0.3, 0.4) is 0 Å². The lowest BCUT2D eigenvalue weighted by atomic mass is 9.72. The Bertz CT molecular complexity index is 751. The molecule has 1 aromatic carbocycles. The topological polar surface area (TPSA) is 149 Å². The Hall–Kier alpha value is -2.75. The number of piperidine rings is 1. The van der Waals surface area contributed by atoms with Crippen molar-refractivity contribution in [2.45, 2.75) is 31.6 Å². The summed E-state index contributed by atoms with van der Waals surface area (Å²) in [6.07, 6.45) is 2.19. The fraction of sp³-hybridized carbons (Fsp3) is 0.471. The minimum atomic E-state index is -1.30. The van der Waals surface area contributed by atoms with Crippen LogP contribution in [0.2, 0.25) is 0 Å². The van der Waals surface area contributed by atoms with E-state index in [4.69, 9.17) is 15.8 Å². The first-order valence-electron chi connectivity index (χ1n) is 8.93. The van der Waals surface area contributed by atoms with Crippen molar-refractivity contribution in [3.8, 4) is 5.75 Å². The van der Waals surface area contributed by atoms with Gasteiger partial charge in [0.25, 0.3) is 0 Å². The summed E-state index contributed by atoms with van der Waals surface area (Å²) < 4.78 is 5.38. The largest absolute Gasteiger partial charge is 0.547 e. The Labute approximate surface area is 157 Å². The molecule has 2 aliphatic rings. The number of rotatable bonds is 4. The molecular weight excluding hydrogens is 351 g/mol. The van der Waals surface area contributed by atoms with E-state index in [1.807, 2.05) is 0 Å². The third kappa shape index (κ3) is 4.33. The number of nitrogens with two attached hydrogens (primary N) is 1. The molecule has 0 spiro atoms. The lowest BCUT2D eigenvalue weighted by Crippen LogP contribution is -2.53. The second-order valence-electron chi connectivity index (χ2n) is 7.01. The summed E-state index contributed by atoms with van der Waals surface area (Å²) in [5.74, 6) is -1.53. The second-order valence-corrected chi connectivity index (χ2v) is 7.01. The molecule has 10 heteroatoms. The number of nitrogens with one attached hydrogen (secondary N) is 2. The minimum absolute atomic E-state index is 0.00597. The molecule has 2 heterocycles. The lowest BCUT2D eigenvalue weighted by Gasteiger charge is -2.32. The van der Waals surface area contributed by atoms with Gasteiger partial charge in [0.05, 0.1) is 11.5 Å². The van der Waals surface area contributed by atoms with Crippen molar-refractivity contribution in [3.63, 3.8) is 0 Å². The molecule has 6 N–H and O–H groups in total. The van der Waals surface area contributed by atoms with Crippen LogP contribution in [0.25, 0.3) is 0 Å². The number of likely N-dealkylation sites (tertiary alicyclic amines) is 1. The van der Waals surface area contributed by atoms with Crippen molar-refractivity contribution in [2.75, 3.05) is 13.1 Å². The number of para-hydroxylation sites is 1. The van der Waals surface area contributed by atoms with Crippen LogP contribution in [-0.4, -0.2) is 59.0 Å². The van der Waals surface area contributed by atoms with Gasteiger partial charge in [-0.25, -0.2) is 4.79 Å². The van der Waals surface area contributed by atoms with Crippen LogP contribution in [0.15, 0.2) is 18.2 Å². The zero-order chi connectivity index (χ0) is 19.6. The minimum Gasteiger partial charge on any atom is -0.534 e. The number of hydrogen-bond donors (Lipinski definition) is 5. The maximum atomic E-state index is 12.4. The summed E-state index contributed by atoms with van der Waals surface area (Å²) in [6, 6.07) is 4.76. The van der Waals surface area contributed by atoms with Crippen LogP contribution in [0.4, 0.5) is 0 Å². The molecule has 1 aromatic rings. The molecule has 0 radical (unpaired) electrons. The monoisotopic (exact) mass is 374 g/mol. The van der Waals surface area contributed by atoms with Crippen LogP contribution in [0, 0.1) is 11.3 Å². The molecule has 1 saturated heterocycles. The molecule has 1 fully saturated rings. The molecule has 1 amide bonds. The number of guanidine groups is 1. The highest BCUT2D eigenvalue weighted by atomic mass is 16.5. The summed E-state index contributed by atoms with van der Waals surface area (Å²) in [7, 11) is -1.30. The van der Waals surface area contributed by atoms with E-state index in [2.05, 4.69) is 5.32 Å². The van der Waals surface area contributed by atoms with Gasteiger partial charge in [0.15, 0.2) is 5.96 Å². The smallest absolute Gasteiger partial charge is 0.534 e. The van der Waals surface area contributed by atoms with E-state index in [0.29, 0.717) is 31.5 Å². The first kappa shape index (κ1) is 19.0. The van der Waals surface area contributed by atoms with Crippen LogP contribution in [0.1, 0.15) is 35.2 Å². The third-order valence-corrected chi connectivity index (χ3v) is 5.13. The quantitative estimate of drug-likeness (QED) is 0.279. The highest BCUT2D eigenvalue weighted by molar-refractivity contribution is 6.47. The lowest BCUT2D eigenvalue weighted by molar-refractivity contribution is -0.122. The number of nitrogens with zero attached hydrogens (tertiary/aromatic N) is 1. The standard InChI is InChI=1S/C17H23BN4O5/c19-17(20)22-6-4-10(5-7-22)8-14(23)21-13-9-11-2-1-3-12(16(24)25)15(11)27-18(13)26/h1-3,10,13,26H,4-9H2,(H3,19,20)(H,21,23)(H,24,25). The summed E-state index contributed by atoms with van der Waals surface area (Å²) in [4.78, 5) is 25.4. The predicted molar refractivity (Wildman–Crippen MR) is 98.5 cm³/mol. The maximum Gasteiger partial charge on any atom is 0.547 e.